The van der Waals surface area contributed by atoms with Crippen molar-refractivity contribution in [1.82, 2.24) is 0 Å². The highest BCUT2D eigenvalue weighted by atomic mass is 32.1. The fourth-order valence-electron chi connectivity index (χ4n) is 1.77. The molecule has 1 atom stereocenters. The summed E-state index contributed by atoms with van der Waals surface area (Å²) in [7, 11) is 0. The lowest BCUT2D eigenvalue weighted by atomic mass is 10.1. The lowest BCUT2D eigenvalue weighted by molar-refractivity contribution is -0.286. The average molecular weight is 302 g/mol. The number of halogens is 2. The molecule has 8 heteroatoms. The summed E-state index contributed by atoms with van der Waals surface area (Å²) in [6, 6.07) is 3.96. The van der Waals surface area contributed by atoms with Crippen molar-refractivity contribution in [2.24, 2.45) is 11.7 Å². The van der Waals surface area contributed by atoms with Crippen molar-refractivity contribution in [1.29, 1.82) is 0 Å². The normalized spacial score (nSPS) is 16.6. The van der Waals surface area contributed by atoms with Crippen molar-refractivity contribution in [3.05, 3.63) is 18.2 Å². The molecule has 0 radical (unpaired) electrons. The number of nitrogens with two attached hydrogens (primary N) is 1. The predicted octanol–water partition coefficient (Wildman–Crippen LogP) is 2.26. The summed E-state index contributed by atoms with van der Waals surface area (Å²) in [6.45, 7) is 1.77. The van der Waals surface area contributed by atoms with Crippen LogP contribution < -0.4 is 20.5 Å². The van der Waals surface area contributed by atoms with Crippen molar-refractivity contribution in [2.45, 2.75) is 19.6 Å². The monoisotopic (exact) mass is 302 g/mol. The first-order chi connectivity index (χ1) is 9.32. The molecule has 1 unspecified atom stereocenters. The maximum absolute atomic E-state index is 12.9. The number of alkyl halides is 2. The zero-order chi connectivity index (χ0) is 14.9. The molecule has 1 heterocycles. The number of nitrogens with one attached hydrogen (secondary N) is 1. The van der Waals surface area contributed by atoms with Crippen molar-refractivity contribution in [3.63, 3.8) is 0 Å². The quantitative estimate of drug-likeness (QED) is 0.835. The number of carbonyl (C=O) groups is 1. The van der Waals surface area contributed by atoms with E-state index in [0.29, 0.717) is 12.1 Å². The molecule has 1 amide bonds. The van der Waals surface area contributed by atoms with Crippen molar-refractivity contribution >= 4 is 28.8 Å². The number of amides is 1. The van der Waals surface area contributed by atoms with Crippen LogP contribution in [-0.2, 0) is 4.79 Å². The number of carbonyl (C=O) groups excluding carboxylic acids is 1. The van der Waals surface area contributed by atoms with Gasteiger partial charge in [-0.15, -0.1) is 8.78 Å². The Balaban J connectivity index is 2.13. The number of hydrogen-bond donors (Lipinski definition) is 2. The van der Waals surface area contributed by atoms with Gasteiger partial charge in [0.25, 0.3) is 0 Å². The molecule has 0 spiro atoms. The van der Waals surface area contributed by atoms with Crippen LogP contribution in [0, 0.1) is 5.92 Å². The zero-order valence-corrected chi connectivity index (χ0v) is 11.3. The third-order valence-electron chi connectivity index (χ3n) is 2.74. The Bertz CT molecular complexity index is 566. The van der Waals surface area contributed by atoms with E-state index in [9.17, 15) is 13.6 Å². The van der Waals surface area contributed by atoms with Crippen LogP contribution in [0.4, 0.5) is 14.5 Å². The smallest absolute Gasteiger partial charge is 0.395 e. The highest BCUT2D eigenvalue weighted by Crippen LogP contribution is 2.42. The molecule has 3 N–H and O–H groups in total. The Morgan fingerprint density at radius 2 is 2.10 bits per heavy atom. The molecule has 1 aromatic carbocycles. The molecular formula is C12H12F2N2O3S. The van der Waals surface area contributed by atoms with Crippen molar-refractivity contribution < 1.29 is 23.0 Å². The number of ether oxygens (including phenoxy) is 2. The largest absolute Gasteiger partial charge is 0.586 e. The van der Waals surface area contributed by atoms with Gasteiger partial charge in [0.1, 0.15) is 0 Å². The van der Waals surface area contributed by atoms with Gasteiger partial charge in [0.05, 0.1) is 10.9 Å². The van der Waals surface area contributed by atoms with Gasteiger partial charge >= 0.3 is 6.29 Å². The molecule has 0 aliphatic carbocycles. The number of anilines is 1. The summed E-state index contributed by atoms with van der Waals surface area (Å²) < 4.78 is 34.3. The minimum Gasteiger partial charge on any atom is -0.395 e. The van der Waals surface area contributed by atoms with Crippen LogP contribution in [0.2, 0.25) is 0 Å². The third-order valence-corrected chi connectivity index (χ3v) is 3.02. The first kappa shape index (κ1) is 14.4. The van der Waals surface area contributed by atoms with E-state index in [1.54, 1.807) is 6.92 Å². The summed E-state index contributed by atoms with van der Waals surface area (Å²) in [5.41, 5.74) is 5.75. The fraction of sp³-hybridized carbons (Fsp3) is 0.333. The molecule has 0 bridgehead atoms. The van der Waals surface area contributed by atoms with E-state index in [1.807, 2.05) is 0 Å². The van der Waals surface area contributed by atoms with Gasteiger partial charge in [0.15, 0.2) is 11.5 Å². The second-order valence-electron chi connectivity index (χ2n) is 4.18. The van der Waals surface area contributed by atoms with Crippen molar-refractivity contribution in [2.75, 3.05) is 5.32 Å². The molecular weight excluding hydrogens is 290 g/mol. The standard InChI is InChI=1S/C12H12F2N2O3S/c1-2-7(10(15)20)11(17)16-6-3-4-8-9(5-6)19-12(13,14)18-8/h3-5,7H,2H2,1H3,(H2,15,20)(H,16,17). The number of thiocarbonyl (C=S) groups is 1. The van der Waals surface area contributed by atoms with E-state index >= 15 is 0 Å². The van der Waals surface area contributed by atoms with E-state index < -0.39 is 18.1 Å². The summed E-state index contributed by atoms with van der Waals surface area (Å²) in [6.07, 6.45) is -3.24. The van der Waals surface area contributed by atoms with E-state index in [0.717, 1.165) is 0 Å². The van der Waals surface area contributed by atoms with Crippen LogP contribution in [-0.4, -0.2) is 17.2 Å². The van der Waals surface area contributed by atoms with E-state index in [4.69, 9.17) is 18.0 Å². The Morgan fingerprint density at radius 3 is 2.70 bits per heavy atom. The molecule has 5 nitrogen and oxygen atoms in total. The molecule has 0 aromatic heterocycles. The molecule has 1 aromatic rings. The molecule has 0 saturated heterocycles. The molecule has 0 fully saturated rings. The lowest BCUT2D eigenvalue weighted by Crippen LogP contribution is -2.32. The van der Waals surface area contributed by atoms with Gasteiger partial charge in [-0.25, -0.2) is 0 Å². The van der Waals surface area contributed by atoms with Gasteiger partial charge in [0, 0.05) is 11.8 Å². The zero-order valence-electron chi connectivity index (χ0n) is 10.5. The van der Waals surface area contributed by atoms with E-state index in [2.05, 4.69) is 14.8 Å². The fourth-order valence-corrected chi connectivity index (χ4v) is 2.05. The van der Waals surface area contributed by atoms with Crippen LogP contribution >= 0.6 is 12.2 Å². The highest BCUT2D eigenvalue weighted by Gasteiger charge is 2.43. The number of benzene rings is 1. The third kappa shape index (κ3) is 2.96. The van der Waals surface area contributed by atoms with Gasteiger partial charge in [-0.05, 0) is 18.6 Å². The Morgan fingerprint density at radius 1 is 1.45 bits per heavy atom. The molecule has 0 saturated carbocycles. The van der Waals surface area contributed by atoms with Crippen LogP contribution in [0.5, 0.6) is 11.5 Å². The molecule has 20 heavy (non-hydrogen) atoms. The lowest BCUT2D eigenvalue weighted by Gasteiger charge is -2.13. The van der Waals surface area contributed by atoms with Gasteiger partial charge in [-0.3, -0.25) is 4.79 Å². The summed E-state index contributed by atoms with van der Waals surface area (Å²) in [5, 5.41) is 2.54. The number of rotatable bonds is 4. The molecule has 1 aliphatic rings. The summed E-state index contributed by atoms with van der Waals surface area (Å²) >= 11 is 4.79. The second kappa shape index (κ2) is 5.20. The van der Waals surface area contributed by atoms with E-state index in [-0.39, 0.29) is 16.5 Å². The van der Waals surface area contributed by atoms with Crippen LogP contribution in [0.15, 0.2) is 18.2 Å². The van der Waals surface area contributed by atoms with Crippen LogP contribution in [0.25, 0.3) is 0 Å². The summed E-state index contributed by atoms with van der Waals surface area (Å²) in [4.78, 5) is 12.0. The first-order valence-electron chi connectivity index (χ1n) is 5.82. The minimum atomic E-state index is -3.68. The minimum absolute atomic E-state index is 0.0808. The Kier molecular flexibility index (Phi) is 3.76. The number of hydrogen-bond acceptors (Lipinski definition) is 4. The maximum Gasteiger partial charge on any atom is 0.586 e. The van der Waals surface area contributed by atoms with Crippen molar-refractivity contribution in [3.8, 4) is 11.5 Å². The van der Waals surface area contributed by atoms with Gasteiger partial charge in [-0.2, -0.15) is 0 Å². The van der Waals surface area contributed by atoms with Gasteiger partial charge < -0.3 is 20.5 Å². The van der Waals surface area contributed by atoms with Gasteiger partial charge in [-0.1, -0.05) is 19.1 Å². The van der Waals surface area contributed by atoms with Crippen LogP contribution in [0.1, 0.15) is 13.3 Å². The summed E-state index contributed by atoms with van der Waals surface area (Å²) in [5.74, 6) is -1.24. The SMILES string of the molecule is CCC(C(=O)Nc1ccc2c(c1)OC(F)(F)O2)C(N)=S. The maximum atomic E-state index is 12.9. The van der Waals surface area contributed by atoms with Crippen LogP contribution in [0.3, 0.4) is 0 Å². The average Bonchev–Trinajstić information content (AvgIpc) is 2.62. The van der Waals surface area contributed by atoms with Gasteiger partial charge in [0.2, 0.25) is 5.91 Å². The Labute approximate surface area is 119 Å². The molecule has 108 valence electrons. The van der Waals surface area contributed by atoms with E-state index in [1.165, 1.54) is 18.2 Å². The second-order valence-corrected chi connectivity index (χ2v) is 4.65. The predicted molar refractivity (Wildman–Crippen MR) is 71.8 cm³/mol. The Hall–Kier alpha value is -1.96. The number of fused-ring (bicyclic) bond motifs is 1. The highest BCUT2D eigenvalue weighted by molar-refractivity contribution is 7.80. The molecule has 2 rings (SSSR count). The first-order valence-corrected chi connectivity index (χ1v) is 6.23. The topological polar surface area (TPSA) is 73.6 Å². The molecule has 1 aliphatic heterocycles.